The van der Waals surface area contributed by atoms with Crippen LogP contribution in [-0.4, -0.2) is 34.9 Å². The van der Waals surface area contributed by atoms with Crippen LogP contribution in [0.25, 0.3) is 0 Å². The minimum Gasteiger partial charge on any atom is -0.394 e. The van der Waals surface area contributed by atoms with Gasteiger partial charge in [-0.05, 0) is 44.9 Å². The Kier molecular flexibility index (Phi) is 33.0. The van der Waals surface area contributed by atoms with Crippen LogP contribution in [0.2, 0.25) is 0 Å². The van der Waals surface area contributed by atoms with Crippen LogP contribution < -0.4 is 5.32 Å². The van der Waals surface area contributed by atoms with Gasteiger partial charge in [-0.1, -0.05) is 166 Å². The second-order valence-electron chi connectivity index (χ2n) is 12.3. The van der Waals surface area contributed by atoms with Crippen molar-refractivity contribution in [1.82, 2.24) is 5.32 Å². The van der Waals surface area contributed by atoms with Gasteiger partial charge < -0.3 is 15.5 Å². The molecule has 2 atom stereocenters. The summed E-state index contributed by atoms with van der Waals surface area (Å²) in [5.74, 6) is -0.104. The van der Waals surface area contributed by atoms with Gasteiger partial charge in [0.1, 0.15) is 0 Å². The van der Waals surface area contributed by atoms with Crippen LogP contribution in [0.1, 0.15) is 181 Å². The van der Waals surface area contributed by atoms with Crippen molar-refractivity contribution in [2.75, 3.05) is 6.61 Å². The third kappa shape index (κ3) is 30.1. The van der Waals surface area contributed by atoms with Gasteiger partial charge in [-0.2, -0.15) is 0 Å². The highest BCUT2D eigenvalue weighted by Crippen LogP contribution is 2.14. The first-order valence-corrected chi connectivity index (χ1v) is 18.2. The molecule has 0 saturated carbocycles. The lowest BCUT2D eigenvalue weighted by Crippen LogP contribution is -2.45. The maximum atomic E-state index is 11.9. The number of aliphatic hydroxyl groups is 2. The normalized spacial score (nSPS) is 13.5. The highest BCUT2D eigenvalue weighted by atomic mass is 16.3. The van der Waals surface area contributed by atoms with Gasteiger partial charge in [-0.15, -0.1) is 0 Å². The number of hydrogen-bond donors (Lipinski definition) is 3. The van der Waals surface area contributed by atoms with Crippen molar-refractivity contribution < 1.29 is 15.0 Å². The number of amides is 1. The summed E-state index contributed by atoms with van der Waals surface area (Å²) in [6, 6.07) is -0.637. The Bertz CT molecular complexity index is 642. The number of carbonyl (C=O) groups is 1. The summed E-state index contributed by atoms with van der Waals surface area (Å²) < 4.78 is 0. The Balaban J connectivity index is 3.49. The van der Waals surface area contributed by atoms with Gasteiger partial charge >= 0.3 is 0 Å². The maximum Gasteiger partial charge on any atom is 0.220 e. The van der Waals surface area contributed by atoms with Gasteiger partial charge in [0.15, 0.2) is 0 Å². The summed E-state index contributed by atoms with van der Waals surface area (Å²) in [7, 11) is 0. The molecule has 0 fully saturated rings. The summed E-state index contributed by atoms with van der Waals surface area (Å²) in [5, 5.41) is 22.5. The molecular formula is C38H71NO3. The first-order valence-electron chi connectivity index (χ1n) is 18.2. The third-order valence-corrected chi connectivity index (χ3v) is 8.10. The molecule has 1 amide bonds. The second-order valence-corrected chi connectivity index (χ2v) is 12.3. The number of nitrogens with one attached hydrogen (secondary N) is 1. The van der Waals surface area contributed by atoms with E-state index in [1.54, 1.807) is 6.08 Å². The lowest BCUT2D eigenvalue weighted by Gasteiger charge is -2.19. The van der Waals surface area contributed by atoms with Crippen molar-refractivity contribution in [3.8, 4) is 0 Å². The maximum absolute atomic E-state index is 11.9. The Morgan fingerprint density at radius 3 is 1.38 bits per heavy atom. The lowest BCUT2D eigenvalue weighted by atomic mass is 10.0. The minimum absolute atomic E-state index is 0.104. The van der Waals surface area contributed by atoms with E-state index in [1.807, 2.05) is 6.08 Å². The fourth-order valence-electron chi connectivity index (χ4n) is 5.27. The fourth-order valence-corrected chi connectivity index (χ4v) is 5.27. The van der Waals surface area contributed by atoms with Crippen LogP contribution in [0, 0.1) is 0 Å². The number of aliphatic hydroxyl groups excluding tert-OH is 2. The van der Waals surface area contributed by atoms with Crippen LogP contribution in [0.4, 0.5) is 0 Å². The molecule has 2 unspecified atom stereocenters. The van der Waals surface area contributed by atoms with Gasteiger partial charge in [0.05, 0.1) is 18.8 Å². The molecule has 0 aliphatic carbocycles. The summed E-state index contributed by atoms with van der Waals surface area (Å²) in [4.78, 5) is 11.9. The van der Waals surface area contributed by atoms with Gasteiger partial charge in [0, 0.05) is 6.42 Å². The number of carbonyl (C=O) groups excluding carboxylic acids is 1. The molecule has 0 spiro atoms. The van der Waals surface area contributed by atoms with E-state index in [9.17, 15) is 15.0 Å². The van der Waals surface area contributed by atoms with E-state index < -0.39 is 12.1 Å². The molecule has 0 aliphatic heterocycles. The molecule has 4 nitrogen and oxygen atoms in total. The Morgan fingerprint density at radius 1 is 0.548 bits per heavy atom. The van der Waals surface area contributed by atoms with Gasteiger partial charge in [-0.3, -0.25) is 4.79 Å². The fraction of sp³-hybridized carbons (Fsp3) is 0.816. The molecule has 0 saturated heterocycles. The van der Waals surface area contributed by atoms with Crippen LogP contribution >= 0.6 is 0 Å². The average Bonchev–Trinajstić information content (AvgIpc) is 2.99. The van der Waals surface area contributed by atoms with Crippen molar-refractivity contribution in [2.24, 2.45) is 0 Å². The molecule has 42 heavy (non-hydrogen) atoms. The summed E-state index contributed by atoms with van der Waals surface area (Å²) in [6.07, 6.45) is 44.6. The van der Waals surface area contributed by atoms with E-state index in [0.717, 1.165) is 44.9 Å². The van der Waals surface area contributed by atoms with Crippen molar-refractivity contribution >= 4 is 5.91 Å². The van der Waals surface area contributed by atoms with E-state index in [2.05, 4.69) is 43.5 Å². The lowest BCUT2D eigenvalue weighted by molar-refractivity contribution is -0.123. The Hall–Kier alpha value is -1.39. The Morgan fingerprint density at radius 2 is 0.929 bits per heavy atom. The predicted octanol–water partition coefficient (Wildman–Crippen LogP) is 10.7. The topological polar surface area (TPSA) is 69.6 Å². The quantitative estimate of drug-likeness (QED) is 0.0540. The number of rotatable bonds is 32. The zero-order chi connectivity index (χ0) is 30.8. The number of unbranched alkanes of at least 4 members (excludes halogenated alkanes) is 21. The first kappa shape index (κ1) is 40.6. The largest absolute Gasteiger partial charge is 0.394 e. The summed E-state index contributed by atoms with van der Waals surface area (Å²) in [5.41, 5.74) is 0. The smallest absolute Gasteiger partial charge is 0.220 e. The molecule has 0 aromatic rings. The monoisotopic (exact) mass is 590 g/mol. The molecule has 0 bridgehead atoms. The molecule has 3 N–H and O–H groups in total. The van der Waals surface area contributed by atoms with Crippen molar-refractivity contribution in [3.63, 3.8) is 0 Å². The molecule has 0 heterocycles. The predicted molar refractivity (Wildman–Crippen MR) is 184 cm³/mol. The van der Waals surface area contributed by atoms with Gasteiger partial charge in [-0.25, -0.2) is 0 Å². The molecule has 246 valence electrons. The van der Waals surface area contributed by atoms with Crippen molar-refractivity contribution in [1.29, 1.82) is 0 Å². The first-order chi connectivity index (χ1) is 20.7. The zero-order valence-electron chi connectivity index (χ0n) is 28.0. The zero-order valence-corrected chi connectivity index (χ0v) is 28.0. The Labute approximate surface area is 261 Å². The van der Waals surface area contributed by atoms with E-state index in [4.69, 9.17) is 0 Å². The van der Waals surface area contributed by atoms with E-state index in [0.29, 0.717) is 6.42 Å². The average molecular weight is 590 g/mol. The molecular weight excluding hydrogens is 518 g/mol. The summed E-state index contributed by atoms with van der Waals surface area (Å²) >= 11 is 0. The SMILES string of the molecule is CCCCCCCCCCCCCCCCCCC/C=C/CC/C=C/CC/C=C/C(O)C(CO)NC(=O)CCCCC. The van der Waals surface area contributed by atoms with Gasteiger partial charge in [0.2, 0.25) is 5.91 Å². The van der Waals surface area contributed by atoms with Crippen molar-refractivity contribution in [3.05, 3.63) is 36.5 Å². The molecule has 0 aliphatic rings. The molecule has 0 rings (SSSR count). The van der Waals surface area contributed by atoms with Gasteiger partial charge in [0.25, 0.3) is 0 Å². The van der Waals surface area contributed by atoms with E-state index >= 15 is 0 Å². The van der Waals surface area contributed by atoms with Crippen LogP contribution in [-0.2, 0) is 4.79 Å². The number of allylic oxidation sites excluding steroid dienone is 5. The number of hydrogen-bond acceptors (Lipinski definition) is 3. The standard InChI is InChI=1S/C38H71NO3/c1-3-5-7-8-9-10-11-12-13-14-15-16-17-18-19-20-21-22-23-24-25-26-27-28-29-30-32-33-37(41)36(35-40)39-38(42)34-31-6-4-2/h23-24,27-28,32-33,36-37,40-41H,3-22,25-26,29-31,34-35H2,1-2H3,(H,39,42)/b24-23+,28-27+,33-32+. The molecule has 0 aromatic heterocycles. The van der Waals surface area contributed by atoms with Crippen LogP contribution in [0.3, 0.4) is 0 Å². The van der Waals surface area contributed by atoms with Crippen molar-refractivity contribution in [2.45, 2.75) is 193 Å². The minimum atomic E-state index is -0.863. The van der Waals surface area contributed by atoms with E-state index in [1.165, 1.54) is 116 Å². The molecule has 0 aromatic carbocycles. The highest BCUT2D eigenvalue weighted by Gasteiger charge is 2.17. The third-order valence-electron chi connectivity index (χ3n) is 8.10. The molecule has 4 heteroatoms. The van der Waals surface area contributed by atoms with Crippen LogP contribution in [0.15, 0.2) is 36.5 Å². The summed E-state index contributed by atoms with van der Waals surface area (Å²) in [6.45, 7) is 4.12. The second kappa shape index (κ2) is 34.1. The highest BCUT2D eigenvalue weighted by molar-refractivity contribution is 5.76. The van der Waals surface area contributed by atoms with Crippen LogP contribution in [0.5, 0.6) is 0 Å². The van der Waals surface area contributed by atoms with E-state index in [-0.39, 0.29) is 12.5 Å². The molecule has 0 radical (unpaired) electrons.